The van der Waals surface area contributed by atoms with E-state index < -0.39 is 30.7 Å². The van der Waals surface area contributed by atoms with Gasteiger partial charge in [-0.15, -0.1) is 0 Å². The van der Waals surface area contributed by atoms with Gasteiger partial charge in [0.25, 0.3) is 0 Å². The van der Waals surface area contributed by atoms with Crippen LogP contribution < -0.4 is 0 Å². The van der Waals surface area contributed by atoms with E-state index in [-0.39, 0.29) is 6.61 Å². The molecule has 0 radical (unpaired) electrons. The molecule has 0 saturated carbocycles. The summed E-state index contributed by atoms with van der Waals surface area (Å²) in [5.41, 5.74) is 0. The lowest BCUT2D eigenvalue weighted by Crippen LogP contribution is -2.59. The van der Waals surface area contributed by atoms with E-state index in [0.29, 0.717) is 0 Å². The van der Waals surface area contributed by atoms with E-state index >= 15 is 0 Å². The van der Waals surface area contributed by atoms with Gasteiger partial charge < -0.3 is 19.7 Å². The van der Waals surface area contributed by atoms with Crippen LogP contribution >= 0.6 is 23.7 Å². The molecule has 2 N–H and O–H groups in total. The van der Waals surface area contributed by atoms with E-state index in [9.17, 15) is 10.2 Å². The van der Waals surface area contributed by atoms with E-state index in [1.54, 1.807) is 0 Å². The largest absolute Gasteiger partial charge is 0.387 e. The van der Waals surface area contributed by atoms with Gasteiger partial charge >= 0.3 is 0 Å². The summed E-state index contributed by atoms with van der Waals surface area (Å²) in [6.07, 6.45) is -5.11. The van der Waals surface area contributed by atoms with Crippen molar-refractivity contribution in [2.24, 2.45) is 0 Å². The fraction of sp³-hybridized carbons (Fsp3) is 1.00. The summed E-state index contributed by atoms with van der Waals surface area (Å²) in [7, 11) is 1.33. The number of aliphatic hydroxyl groups is 2. The summed E-state index contributed by atoms with van der Waals surface area (Å²) in [5, 5.41) is 19.1. The predicted octanol–water partition coefficient (Wildman–Crippen LogP) is -0.211. The van der Waals surface area contributed by atoms with Crippen LogP contribution in [0.1, 0.15) is 0 Å². The Labute approximate surface area is 96.9 Å². The first-order valence-corrected chi connectivity index (χ1v) is 4.82. The Morgan fingerprint density at radius 3 is 2.40 bits per heavy atom. The van der Waals surface area contributed by atoms with Gasteiger partial charge in [-0.1, -0.05) is 0 Å². The number of ether oxygens (including phenoxy) is 2. The van der Waals surface area contributed by atoms with Crippen LogP contribution in [-0.4, -0.2) is 54.6 Å². The predicted molar refractivity (Wildman–Crippen MR) is 50.2 cm³/mol. The number of aliphatic hydroxyl groups excluding tert-OH is 2. The fourth-order valence-electron chi connectivity index (χ4n) is 1.41. The molecule has 0 aromatic carbocycles. The van der Waals surface area contributed by atoms with Crippen LogP contribution in [0.2, 0.25) is 0 Å². The van der Waals surface area contributed by atoms with E-state index in [4.69, 9.17) is 33.2 Å². The Balaban J connectivity index is 2.70. The summed E-state index contributed by atoms with van der Waals surface area (Å²) < 4.78 is 18.8. The van der Waals surface area contributed by atoms with Crippen molar-refractivity contribution in [1.82, 2.24) is 0 Å². The molecule has 0 bridgehead atoms. The van der Waals surface area contributed by atoms with Crippen molar-refractivity contribution in [1.29, 1.82) is 0 Å². The first kappa shape index (κ1) is 13.4. The lowest BCUT2D eigenvalue weighted by atomic mass is 9.99. The van der Waals surface area contributed by atoms with Gasteiger partial charge in [-0.05, 0) is 0 Å². The van der Waals surface area contributed by atoms with E-state index in [1.165, 1.54) is 7.11 Å². The average Bonchev–Trinajstić information content (AvgIpc) is 2.24. The number of rotatable bonds is 4. The van der Waals surface area contributed by atoms with Crippen LogP contribution in [0.15, 0.2) is 0 Å². The molecule has 6 nitrogen and oxygen atoms in total. The molecule has 1 aliphatic heterocycles. The highest BCUT2D eigenvalue weighted by Gasteiger charge is 2.45. The van der Waals surface area contributed by atoms with Crippen molar-refractivity contribution >= 4 is 23.7 Å². The van der Waals surface area contributed by atoms with Crippen molar-refractivity contribution in [3.63, 3.8) is 0 Å². The second-order valence-corrected chi connectivity index (χ2v) is 3.49. The smallest absolute Gasteiger partial charge is 0.186 e. The Kier molecular flexibility index (Phi) is 5.51. The van der Waals surface area contributed by atoms with Gasteiger partial charge in [-0.3, -0.25) is 8.58 Å². The van der Waals surface area contributed by atoms with Gasteiger partial charge in [0.15, 0.2) is 6.29 Å². The Morgan fingerprint density at radius 2 is 1.93 bits per heavy atom. The maximum atomic E-state index is 9.62. The number of halogens is 2. The van der Waals surface area contributed by atoms with Gasteiger partial charge in [0, 0.05) is 7.11 Å². The lowest BCUT2D eigenvalue weighted by molar-refractivity contribution is -0.288. The average molecular weight is 263 g/mol. The van der Waals surface area contributed by atoms with Crippen molar-refractivity contribution in [3.05, 3.63) is 0 Å². The third-order valence-electron chi connectivity index (χ3n) is 2.20. The van der Waals surface area contributed by atoms with Crippen molar-refractivity contribution in [3.8, 4) is 0 Å². The maximum absolute atomic E-state index is 9.62. The molecule has 0 aromatic rings. The third-order valence-corrected chi connectivity index (χ3v) is 2.53. The van der Waals surface area contributed by atoms with Crippen LogP contribution in [0.25, 0.3) is 0 Å². The summed E-state index contributed by atoms with van der Waals surface area (Å²) in [4.78, 5) is 0. The zero-order valence-corrected chi connectivity index (χ0v) is 9.39. The van der Waals surface area contributed by atoms with Gasteiger partial charge in [-0.25, -0.2) is 0 Å². The van der Waals surface area contributed by atoms with Crippen molar-refractivity contribution in [2.45, 2.75) is 30.7 Å². The Bertz CT molecular complexity index is 194. The maximum Gasteiger partial charge on any atom is 0.186 e. The van der Waals surface area contributed by atoms with E-state index in [2.05, 4.69) is 8.58 Å². The highest BCUT2D eigenvalue weighted by Crippen LogP contribution is 2.25. The first-order valence-electron chi connectivity index (χ1n) is 4.21. The molecule has 1 fully saturated rings. The molecular weight excluding hydrogens is 251 g/mol. The van der Waals surface area contributed by atoms with Gasteiger partial charge in [0.05, 0.1) is 30.3 Å². The summed E-state index contributed by atoms with van der Waals surface area (Å²) in [6, 6.07) is 0. The van der Waals surface area contributed by atoms with E-state index in [1.807, 2.05) is 0 Å². The molecule has 1 saturated heterocycles. The van der Waals surface area contributed by atoms with Crippen LogP contribution in [0.3, 0.4) is 0 Å². The summed E-state index contributed by atoms with van der Waals surface area (Å²) in [6.45, 7) is -0.0530. The van der Waals surface area contributed by atoms with Gasteiger partial charge in [-0.2, -0.15) is 0 Å². The number of hydrogen-bond acceptors (Lipinski definition) is 6. The van der Waals surface area contributed by atoms with Crippen LogP contribution in [0, 0.1) is 0 Å². The SMILES string of the molecule is COC1O[C@H](COCl)[C@H](OCl)[C@H](O)[C@H]1O. The monoisotopic (exact) mass is 262 g/mol. The molecular formula is C7H12Cl2O6. The molecule has 0 amide bonds. The minimum atomic E-state index is -1.25. The minimum absolute atomic E-state index is 0.0530. The van der Waals surface area contributed by atoms with Gasteiger partial charge in [0.2, 0.25) is 0 Å². The number of methoxy groups -OCH3 is 1. The summed E-state index contributed by atoms with van der Waals surface area (Å²) in [5.74, 6) is 0. The first-order chi connectivity index (χ1) is 7.15. The highest BCUT2D eigenvalue weighted by molar-refractivity contribution is 6.07. The van der Waals surface area contributed by atoms with Crippen molar-refractivity contribution in [2.75, 3.05) is 13.7 Å². The topological polar surface area (TPSA) is 77.4 Å². The molecule has 15 heavy (non-hydrogen) atoms. The molecule has 0 spiro atoms. The van der Waals surface area contributed by atoms with Crippen LogP contribution in [0.5, 0.6) is 0 Å². The summed E-state index contributed by atoms with van der Waals surface area (Å²) >= 11 is 10.2. The quantitative estimate of drug-likeness (QED) is 0.730. The molecule has 5 atom stereocenters. The second-order valence-electron chi connectivity index (χ2n) is 3.09. The molecule has 0 aromatic heterocycles. The molecule has 1 aliphatic rings. The second kappa shape index (κ2) is 6.17. The molecule has 1 rings (SSSR count). The molecule has 8 heteroatoms. The van der Waals surface area contributed by atoms with E-state index in [0.717, 1.165) is 0 Å². The normalized spacial score (nSPS) is 41.8. The zero-order valence-electron chi connectivity index (χ0n) is 7.88. The zero-order chi connectivity index (χ0) is 11.4. The Hall–Kier alpha value is 0.340. The number of hydrogen-bond donors (Lipinski definition) is 2. The highest BCUT2D eigenvalue weighted by atomic mass is 35.5. The minimum Gasteiger partial charge on any atom is -0.387 e. The standard InChI is InChI=1S/C7H12Cl2O6/c1-12-7-5(11)4(10)6(15-9)3(14-7)2-13-8/h3-7,10-11H,2H2,1H3/t3-,4-,5-,6+,7?/m1/s1. The van der Waals surface area contributed by atoms with Crippen molar-refractivity contribution < 1.29 is 28.3 Å². The fourth-order valence-corrected chi connectivity index (χ4v) is 1.75. The molecule has 1 heterocycles. The molecule has 1 unspecified atom stereocenters. The van der Waals surface area contributed by atoms with Crippen LogP contribution in [0.4, 0.5) is 0 Å². The van der Waals surface area contributed by atoms with Gasteiger partial charge in [0.1, 0.15) is 24.4 Å². The Morgan fingerprint density at radius 1 is 1.27 bits per heavy atom. The molecule has 0 aliphatic carbocycles. The molecule has 90 valence electrons. The third kappa shape index (κ3) is 2.92. The van der Waals surface area contributed by atoms with Crippen LogP contribution in [-0.2, 0) is 18.1 Å². The lowest BCUT2D eigenvalue weighted by Gasteiger charge is -2.39.